The van der Waals surface area contributed by atoms with Gasteiger partial charge in [0.15, 0.2) is 6.10 Å². The van der Waals surface area contributed by atoms with Gasteiger partial charge >= 0.3 is 5.97 Å². The van der Waals surface area contributed by atoms with Crippen molar-refractivity contribution in [1.29, 1.82) is 0 Å². The van der Waals surface area contributed by atoms with E-state index in [9.17, 15) is 9.18 Å². The highest BCUT2D eigenvalue weighted by molar-refractivity contribution is 5.72. The number of benzene rings is 1. The number of carbonyl (C=O) groups is 1. The Morgan fingerprint density at radius 2 is 2.22 bits per heavy atom. The van der Waals surface area contributed by atoms with Crippen molar-refractivity contribution in [2.75, 3.05) is 7.05 Å². The van der Waals surface area contributed by atoms with E-state index in [0.717, 1.165) is 0 Å². The van der Waals surface area contributed by atoms with E-state index in [2.05, 4.69) is 5.32 Å². The van der Waals surface area contributed by atoms with Crippen LogP contribution in [0.15, 0.2) is 18.2 Å². The molecule has 5 heteroatoms. The topological polar surface area (TPSA) is 58.6 Å². The molecule has 0 radical (unpaired) electrons. The van der Waals surface area contributed by atoms with Crippen LogP contribution in [0.4, 0.5) is 4.39 Å². The second-order valence-corrected chi connectivity index (χ2v) is 4.05. The molecular formula is C13H18FNO3. The highest BCUT2D eigenvalue weighted by Crippen LogP contribution is 2.22. The van der Waals surface area contributed by atoms with Crippen molar-refractivity contribution >= 4 is 5.97 Å². The maximum atomic E-state index is 13.8. The summed E-state index contributed by atoms with van der Waals surface area (Å²) in [6, 6.07) is 4.29. The zero-order chi connectivity index (χ0) is 13.7. The fourth-order valence-corrected chi connectivity index (χ4v) is 1.56. The number of ether oxygens (including phenoxy) is 1. The molecule has 0 aromatic heterocycles. The molecular weight excluding hydrogens is 237 g/mol. The molecule has 2 atom stereocenters. The largest absolute Gasteiger partial charge is 0.479 e. The molecule has 2 unspecified atom stereocenters. The van der Waals surface area contributed by atoms with Crippen molar-refractivity contribution in [3.8, 4) is 5.75 Å². The minimum atomic E-state index is -1.05. The van der Waals surface area contributed by atoms with Gasteiger partial charge in [0.1, 0.15) is 11.6 Å². The predicted molar refractivity (Wildman–Crippen MR) is 66.2 cm³/mol. The smallest absolute Gasteiger partial charge is 0.344 e. The Labute approximate surface area is 106 Å². The summed E-state index contributed by atoms with van der Waals surface area (Å²) in [4.78, 5) is 10.8. The van der Waals surface area contributed by atoms with Gasteiger partial charge in [0.25, 0.3) is 0 Å². The van der Waals surface area contributed by atoms with Gasteiger partial charge in [-0.2, -0.15) is 0 Å². The standard InChI is InChI=1S/C13H18FNO3/c1-4-12(13(16)17)18-9-5-6-10(8(2)15-3)11(14)7-9/h5-8,12,15H,4H2,1-3H3,(H,16,17). The average molecular weight is 255 g/mol. The summed E-state index contributed by atoms with van der Waals surface area (Å²) in [6.45, 7) is 3.54. The third-order valence-corrected chi connectivity index (χ3v) is 2.80. The summed E-state index contributed by atoms with van der Waals surface area (Å²) in [7, 11) is 1.74. The van der Waals surface area contributed by atoms with E-state index in [-0.39, 0.29) is 11.8 Å². The quantitative estimate of drug-likeness (QED) is 0.819. The van der Waals surface area contributed by atoms with Crippen molar-refractivity contribution in [1.82, 2.24) is 5.32 Å². The summed E-state index contributed by atoms with van der Waals surface area (Å²) in [5.41, 5.74) is 0.522. The lowest BCUT2D eigenvalue weighted by Crippen LogP contribution is -2.26. The van der Waals surface area contributed by atoms with E-state index in [0.29, 0.717) is 12.0 Å². The number of aliphatic carboxylic acids is 1. The van der Waals surface area contributed by atoms with Crippen LogP contribution in [-0.4, -0.2) is 24.2 Å². The van der Waals surface area contributed by atoms with Crippen molar-refractivity contribution in [2.24, 2.45) is 0 Å². The molecule has 0 fully saturated rings. The van der Waals surface area contributed by atoms with Gasteiger partial charge in [-0.25, -0.2) is 9.18 Å². The molecule has 1 rings (SSSR count). The van der Waals surface area contributed by atoms with Crippen molar-refractivity contribution in [2.45, 2.75) is 32.4 Å². The van der Waals surface area contributed by atoms with Crippen LogP contribution in [0.5, 0.6) is 5.75 Å². The van der Waals surface area contributed by atoms with E-state index in [1.54, 1.807) is 26.1 Å². The van der Waals surface area contributed by atoms with Gasteiger partial charge in [-0.1, -0.05) is 13.0 Å². The molecule has 0 saturated carbocycles. The monoisotopic (exact) mass is 255 g/mol. The predicted octanol–water partition coefficient (Wildman–Crippen LogP) is 2.35. The van der Waals surface area contributed by atoms with Gasteiger partial charge in [-0.3, -0.25) is 0 Å². The van der Waals surface area contributed by atoms with Crippen LogP contribution < -0.4 is 10.1 Å². The molecule has 1 aromatic rings. The number of carboxylic acid groups (broad SMARTS) is 1. The lowest BCUT2D eigenvalue weighted by Gasteiger charge is -2.16. The number of nitrogens with one attached hydrogen (secondary N) is 1. The molecule has 0 aliphatic heterocycles. The summed E-state index contributed by atoms with van der Waals surface area (Å²) in [5, 5.41) is 11.8. The number of hydrogen-bond donors (Lipinski definition) is 2. The molecule has 2 N–H and O–H groups in total. The summed E-state index contributed by atoms with van der Waals surface area (Å²) < 4.78 is 19.0. The maximum Gasteiger partial charge on any atom is 0.344 e. The summed E-state index contributed by atoms with van der Waals surface area (Å²) in [6.07, 6.45) is -0.622. The second kappa shape index (κ2) is 6.35. The maximum absolute atomic E-state index is 13.8. The van der Waals surface area contributed by atoms with Crippen LogP contribution in [0, 0.1) is 5.82 Å². The first kappa shape index (κ1) is 14.4. The van der Waals surface area contributed by atoms with Gasteiger partial charge < -0.3 is 15.2 Å². The van der Waals surface area contributed by atoms with Gasteiger partial charge in [-0.15, -0.1) is 0 Å². The van der Waals surface area contributed by atoms with Crippen LogP contribution in [0.1, 0.15) is 31.9 Å². The number of halogens is 1. The summed E-state index contributed by atoms with van der Waals surface area (Å²) >= 11 is 0. The molecule has 0 aliphatic rings. The Hall–Kier alpha value is -1.62. The number of carboxylic acids is 1. The molecule has 0 amide bonds. The first-order chi connectivity index (χ1) is 8.49. The van der Waals surface area contributed by atoms with Crippen LogP contribution in [0.2, 0.25) is 0 Å². The number of rotatable bonds is 6. The number of hydrogen-bond acceptors (Lipinski definition) is 3. The first-order valence-electron chi connectivity index (χ1n) is 5.85. The molecule has 4 nitrogen and oxygen atoms in total. The van der Waals surface area contributed by atoms with E-state index in [1.807, 2.05) is 6.92 Å². The minimum absolute atomic E-state index is 0.111. The van der Waals surface area contributed by atoms with Crippen molar-refractivity contribution in [3.63, 3.8) is 0 Å². The lowest BCUT2D eigenvalue weighted by atomic mass is 10.1. The molecule has 0 spiro atoms. The molecule has 100 valence electrons. The van der Waals surface area contributed by atoms with Gasteiger partial charge in [0.05, 0.1) is 0 Å². The third-order valence-electron chi connectivity index (χ3n) is 2.80. The molecule has 0 heterocycles. The fraction of sp³-hybridized carbons (Fsp3) is 0.462. The minimum Gasteiger partial charge on any atom is -0.479 e. The molecule has 18 heavy (non-hydrogen) atoms. The van der Waals surface area contributed by atoms with Gasteiger partial charge in [0, 0.05) is 17.7 Å². The third kappa shape index (κ3) is 3.43. The Bertz CT molecular complexity index is 423. The van der Waals surface area contributed by atoms with Crippen molar-refractivity contribution in [3.05, 3.63) is 29.6 Å². The van der Waals surface area contributed by atoms with E-state index < -0.39 is 17.9 Å². The van der Waals surface area contributed by atoms with Crippen molar-refractivity contribution < 1.29 is 19.0 Å². The SMILES string of the molecule is CCC(Oc1ccc(C(C)NC)c(F)c1)C(=O)O. The van der Waals surface area contributed by atoms with E-state index in [1.165, 1.54) is 6.07 Å². The van der Waals surface area contributed by atoms with Crippen LogP contribution in [0.3, 0.4) is 0 Å². The molecule has 0 aliphatic carbocycles. The lowest BCUT2D eigenvalue weighted by molar-refractivity contribution is -0.145. The van der Waals surface area contributed by atoms with E-state index in [4.69, 9.17) is 9.84 Å². The highest BCUT2D eigenvalue weighted by atomic mass is 19.1. The normalized spacial score (nSPS) is 14.0. The Balaban J connectivity index is 2.87. The fourth-order valence-electron chi connectivity index (χ4n) is 1.56. The Morgan fingerprint density at radius 1 is 1.56 bits per heavy atom. The first-order valence-corrected chi connectivity index (χ1v) is 5.85. The van der Waals surface area contributed by atoms with Crippen LogP contribution >= 0.6 is 0 Å². The Morgan fingerprint density at radius 3 is 2.67 bits per heavy atom. The molecule has 0 saturated heterocycles. The second-order valence-electron chi connectivity index (χ2n) is 4.05. The van der Waals surface area contributed by atoms with Gasteiger partial charge in [-0.05, 0) is 26.5 Å². The van der Waals surface area contributed by atoms with E-state index >= 15 is 0 Å². The highest BCUT2D eigenvalue weighted by Gasteiger charge is 2.18. The van der Waals surface area contributed by atoms with Crippen LogP contribution in [0.25, 0.3) is 0 Å². The zero-order valence-electron chi connectivity index (χ0n) is 10.7. The van der Waals surface area contributed by atoms with Gasteiger partial charge in [0.2, 0.25) is 0 Å². The Kier molecular flexibility index (Phi) is 5.09. The zero-order valence-corrected chi connectivity index (χ0v) is 10.7. The average Bonchev–Trinajstić information content (AvgIpc) is 2.34. The summed E-state index contributed by atoms with van der Waals surface area (Å²) in [5.74, 6) is -1.23. The molecule has 0 bridgehead atoms. The molecule has 1 aromatic carbocycles. The van der Waals surface area contributed by atoms with Crippen LogP contribution in [-0.2, 0) is 4.79 Å².